The summed E-state index contributed by atoms with van der Waals surface area (Å²) < 4.78 is 13.3. The topological polar surface area (TPSA) is 17.1 Å². The Morgan fingerprint density at radius 1 is 1.17 bits per heavy atom. The van der Waals surface area contributed by atoms with E-state index in [-0.39, 0.29) is 11.6 Å². The zero-order valence-corrected chi connectivity index (χ0v) is 10.7. The van der Waals surface area contributed by atoms with Crippen LogP contribution < -0.4 is 0 Å². The van der Waals surface area contributed by atoms with Crippen molar-refractivity contribution in [1.82, 2.24) is 0 Å². The first-order valence-corrected chi connectivity index (χ1v) is 6.07. The SMILES string of the molecule is CCC(=O)c1cccc(-c2cc(F)cc(Cl)c2)c1. The van der Waals surface area contributed by atoms with Crippen molar-refractivity contribution in [2.75, 3.05) is 0 Å². The third-order valence-electron chi connectivity index (χ3n) is 2.70. The lowest BCUT2D eigenvalue weighted by molar-refractivity contribution is 0.0988. The highest BCUT2D eigenvalue weighted by molar-refractivity contribution is 6.30. The highest BCUT2D eigenvalue weighted by Crippen LogP contribution is 2.25. The second-order valence-electron chi connectivity index (χ2n) is 4.02. The number of carbonyl (C=O) groups is 1. The van der Waals surface area contributed by atoms with E-state index in [9.17, 15) is 9.18 Å². The predicted octanol–water partition coefficient (Wildman–Crippen LogP) is 4.74. The van der Waals surface area contributed by atoms with Gasteiger partial charge in [-0.1, -0.05) is 36.7 Å². The summed E-state index contributed by atoms with van der Waals surface area (Å²) in [5, 5.41) is 0.345. The van der Waals surface area contributed by atoms with E-state index in [1.165, 1.54) is 12.1 Å². The van der Waals surface area contributed by atoms with Crippen LogP contribution in [-0.4, -0.2) is 5.78 Å². The average Bonchev–Trinajstić information content (AvgIpc) is 2.37. The first-order valence-electron chi connectivity index (χ1n) is 5.70. The van der Waals surface area contributed by atoms with E-state index in [1.54, 1.807) is 24.3 Å². The second kappa shape index (κ2) is 5.32. The molecule has 0 bridgehead atoms. The van der Waals surface area contributed by atoms with Gasteiger partial charge in [0.15, 0.2) is 5.78 Å². The van der Waals surface area contributed by atoms with Crippen LogP contribution in [0.1, 0.15) is 23.7 Å². The van der Waals surface area contributed by atoms with Crippen LogP contribution in [0.25, 0.3) is 11.1 Å². The van der Waals surface area contributed by atoms with Crippen molar-refractivity contribution in [3.05, 3.63) is 58.9 Å². The van der Waals surface area contributed by atoms with Gasteiger partial charge in [-0.15, -0.1) is 0 Å². The van der Waals surface area contributed by atoms with Gasteiger partial charge < -0.3 is 0 Å². The minimum Gasteiger partial charge on any atom is -0.294 e. The molecule has 0 saturated heterocycles. The molecule has 0 aromatic heterocycles. The van der Waals surface area contributed by atoms with Crippen LogP contribution in [0.4, 0.5) is 4.39 Å². The van der Waals surface area contributed by atoms with Gasteiger partial charge in [-0.05, 0) is 35.4 Å². The maximum absolute atomic E-state index is 13.3. The molecular weight excluding hydrogens is 251 g/mol. The maximum Gasteiger partial charge on any atom is 0.162 e. The molecule has 0 saturated carbocycles. The van der Waals surface area contributed by atoms with Crippen LogP contribution in [0.3, 0.4) is 0 Å². The maximum atomic E-state index is 13.3. The van der Waals surface area contributed by atoms with E-state index >= 15 is 0 Å². The number of carbonyl (C=O) groups excluding carboxylic acids is 1. The zero-order valence-electron chi connectivity index (χ0n) is 9.91. The first-order chi connectivity index (χ1) is 8.60. The normalized spacial score (nSPS) is 10.4. The highest BCUT2D eigenvalue weighted by atomic mass is 35.5. The van der Waals surface area contributed by atoms with Gasteiger partial charge in [-0.25, -0.2) is 4.39 Å². The van der Waals surface area contributed by atoms with Crippen molar-refractivity contribution in [1.29, 1.82) is 0 Å². The minimum absolute atomic E-state index is 0.0688. The molecule has 2 rings (SSSR count). The van der Waals surface area contributed by atoms with Crippen LogP contribution in [0.15, 0.2) is 42.5 Å². The number of ketones is 1. The van der Waals surface area contributed by atoms with Gasteiger partial charge in [0.25, 0.3) is 0 Å². The molecule has 3 heteroatoms. The quantitative estimate of drug-likeness (QED) is 0.730. The number of hydrogen-bond acceptors (Lipinski definition) is 1. The van der Waals surface area contributed by atoms with E-state index in [0.29, 0.717) is 22.6 Å². The molecule has 1 nitrogen and oxygen atoms in total. The largest absolute Gasteiger partial charge is 0.294 e. The van der Waals surface area contributed by atoms with Crippen LogP contribution in [0, 0.1) is 5.82 Å². The molecule has 0 N–H and O–H groups in total. The Morgan fingerprint density at radius 2 is 1.94 bits per heavy atom. The molecule has 0 atom stereocenters. The number of Topliss-reactive ketones (excluding diaryl/α,β-unsaturated/α-hetero) is 1. The van der Waals surface area contributed by atoms with Crippen molar-refractivity contribution >= 4 is 17.4 Å². The molecule has 0 heterocycles. The molecule has 0 amide bonds. The van der Waals surface area contributed by atoms with E-state index in [1.807, 2.05) is 13.0 Å². The van der Waals surface area contributed by atoms with Crippen molar-refractivity contribution in [2.24, 2.45) is 0 Å². The molecule has 92 valence electrons. The summed E-state index contributed by atoms with van der Waals surface area (Å²) in [7, 11) is 0. The lowest BCUT2D eigenvalue weighted by Crippen LogP contribution is -1.96. The van der Waals surface area contributed by atoms with Gasteiger partial charge in [0.05, 0.1) is 0 Å². The number of halogens is 2. The number of rotatable bonds is 3. The van der Waals surface area contributed by atoms with E-state index in [0.717, 1.165) is 5.56 Å². The number of benzene rings is 2. The fraction of sp³-hybridized carbons (Fsp3) is 0.133. The molecule has 0 spiro atoms. The summed E-state index contributed by atoms with van der Waals surface area (Å²) >= 11 is 5.82. The third kappa shape index (κ3) is 2.77. The van der Waals surface area contributed by atoms with Gasteiger partial charge in [0.1, 0.15) is 5.82 Å². The molecule has 0 unspecified atom stereocenters. The fourth-order valence-electron chi connectivity index (χ4n) is 1.80. The predicted molar refractivity (Wildman–Crippen MR) is 71.5 cm³/mol. The summed E-state index contributed by atoms with van der Waals surface area (Å²) in [5.74, 6) is -0.316. The number of hydrogen-bond donors (Lipinski definition) is 0. The Hall–Kier alpha value is -1.67. The molecule has 18 heavy (non-hydrogen) atoms. The molecule has 2 aromatic carbocycles. The summed E-state index contributed by atoms with van der Waals surface area (Å²) in [6.45, 7) is 1.81. The van der Waals surface area contributed by atoms with Crippen LogP contribution in [0.2, 0.25) is 5.02 Å². The van der Waals surface area contributed by atoms with Crippen molar-refractivity contribution in [2.45, 2.75) is 13.3 Å². The Bertz CT molecular complexity index is 573. The molecular formula is C15H12ClFO. The molecule has 0 aliphatic heterocycles. The van der Waals surface area contributed by atoms with Crippen LogP contribution in [-0.2, 0) is 0 Å². The van der Waals surface area contributed by atoms with Crippen LogP contribution >= 0.6 is 11.6 Å². The van der Waals surface area contributed by atoms with Gasteiger partial charge in [0, 0.05) is 17.0 Å². The Kier molecular flexibility index (Phi) is 3.78. The Balaban J connectivity index is 2.47. The summed E-state index contributed by atoms with van der Waals surface area (Å²) in [4.78, 5) is 11.6. The summed E-state index contributed by atoms with van der Waals surface area (Å²) in [6, 6.07) is 11.5. The molecule has 2 aromatic rings. The monoisotopic (exact) mass is 262 g/mol. The van der Waals surface area contributed by atoms with Gasteiger partial charge in [-0.3, -0.25) is 4.79 Å². The van der Waals surface area contributed by atoms with Crippen molar-refractivity contribution < 1.29 is 9.18 Å². The van der Waals surface area contributed by atoms with Crippen molar-refractivity contribution in [3.8, 4) is 11.1 Å². The summed E-state index contributed by atoms with van der Waals surface area (Å²) in [5.41, 5.74) is 2.09. The lowest BCUT2D eigenvalue weighted by atomic mass is 10.0. The molecule has 0 aliphatic carbocycles. The van der Waals surface area contributed by atoms with Gasteiger partial charge in [-0.2, -0.15) is 0 Å². The minimum atomic E-state index is -0.385. The molecule has 0 radical (unpaired) electrons. The van der Waals surface area contributed by atoms with Gasteiger partial charge in [0.2, 0.25) is 0 Å². The Labute approximate surface area is 110 Å². The second-order valence-corrected chi connectivity index (χ2v) is 4.45. The molecule has 0 aliphatic rings. The van der Waals surface area contributed by atoms with E-state index < -0.39 is 0 Å². The summed E-state index contributed by atoms with van der Waals surface area (Å²) in [6.07, 6.45) is 0.452. The fourth-order valence-corrected chi connectivity index (χ4v) is 2.02. The molecule has 0 fully saturated rings. The smallest absolute Gasteiger partial charge is 0.162 e. The van der Waals surface area contributed by atoms with E-state index in [4.69, 9.17) is 11.6 Å². The third-order valence-corrected chi connectivity index (χ3v) is 2.92. The van der Waals surface area contributed by atoms with Crippen LogP contribution in [0.5, 0.6) is 0 Å². The lowest BCUT2D eigenvalue weighted by Gasteiger charge is -2.05. The standard InChI is InChI=1S/C15H12ClFO/c1-2-15(18)11-5-3-4-10(6-11)12-7-13(16)9-14(17)8-12/h3-9H,2H2,1H3. The van der Waals surface area contributed by atoms with E-state index in [2.05, 4.69) is 0 Å². The first kappa shape index (κ1) is 12.8. The van der Waals surface area contributed by atoms with Crippen molar-refractivity contribution in [3.63, 3.8) is 0 Å². The zero-order chi connectivity index (χ0) is 13.1. The Morgan fingerprint density at radius 3 is 2.61 bits per heavy atom. The average molecular weight is 263 g/mol. The highest BCUT2D eigenvalue weighted by Gasteiger charge is 2.06. The van der Waals surface area contributed by atoms with Gasteiger partial charge >= 0.3 is 0 Å².